The summed E-state index contributed by atoms with van der Waals surface area (Å²) < 4.78 is 0. The SMILES string of the molecule is Cc1ncc(-c2cc3ccc4cc(-c5cnc(C(C)C)[nH]5)cc5c(=O)c(c2)c3c45)[nH]1. The fourth-order valence-electron chi connectivity index (χ4n) is 4.49. The molecule has 30 heavy (non-hydrogen) atoms. The minimum absolute atomic E-state index is 0.0785. The summed E-state index contributed by atoms with van der Waals surface area (Å²) in [6.07, 6.45) is 3.67. The molecule has 4 aromatic carbocycles. The van der Waals surface area contributed by atoms with Crippen molar-refractivity contribution in [2.24, 2.45) is 0 Å². The average Bonchev–Trinajstić information content (AvgIpc) is 3.46. The van der Waals surface area contributed by atoms with E-state index in [4.69, 9.17) is 0 Å². The number of imidazole rings is 2. The van der Waals surface area contributed by atoms with Crippen molar-refractivity contribution in [1.82, 2.24) is 19.9 Å². The van der Waals surface area contributed by atoms with Crippen molar-refractivity contribution in [2.75, 3.05) is 0 Å². The van der Waals surface area contributed by atoms with Gasteiger partial charge in [0.15, 0.2) is 5.43 Å². The van der Waals surface area contributed by atoms with Crippen LogP contribution in [0.3, 0.4) is 0 Å². The molecule has 2 aromatic heterocycles. The molecule has 6 aromatic rings. The lowest BCUT2D eigenvalue weighted by Crippen LogP contribution is -1.94. The van der Waals surface area contributed by atoms with Crippen molar-refractivity contribution in [3.05, 3.63) is 70.7 Å². The van der Waals surface area contributed by atoms with E-state index in [9.17, 15) is 4.79 Å². The molecular formula is C25H20N4O. The van der Waals surface area contributed by atoms with Crippen LogP contribution in [0, 0.1) is 6.92 Å². The minimum Gasteiger partial charge on any atom is -0.342 e. The second-order valence-electron chi connectivity index (χ2n) is 8.36. The number of benzene rings is 3. The first-order valence-electron chi connectivity index (χ1n) is 10.2. The zero-order valence-corrected chi connectivity index (χ0v) is 17.0. The van der Waals surface area contributed by atoms with E-state index < -0.39 is 0 Å². The zero-order chi connectivity index (χ0) is 20.6. The van der Waals surface area contributed by atoms with E-state index in [1.807, 2.05) is 31.5 Å². The summed E-state index contributed by atoms with van der Waals surface area (Å²) >= 11 is 0. The van der Waals surface area contributed by atoms with Gasteiger partial charge in [0.05, 0.1) is 23.8 Å². The quantitative estimate of drug-likeness (QED) is 0.385. The Balaban J connectivity index is 1.64. The molecule has 0 spiro atoms. The van der Waals surface area contributed by atoms with Gasteiger partial charge in [-0.1, -0.05) is 26.0 Å². The standard InChI is InChI=1S/C25H20N4O/c1-12(2)25-27-11-21(29-25)17-7-15-5-4-14-6-16(20-10-26-13(3)28-20)8-18-22(14)23(15)19(9-17)24(18)30/h4-12H,1-3H3,(H,26,28)(H,27,29). The molecule has 0 aliphatic carbocycles. The number of hydrogen-bond donors (Lipinski definition) is 2. The maximum atomic E-state index is 13.4. The van der Waals surface area contributed by atoms with E-state index in [1.54, 1.807) is 0 Å². The van der Waals surface area contributed by atoms with Crippen molar-refractivity contribution in [1.29, 1.82) is 0 Å². The van der Waals surface area contributed by atoms with Gasteiger partial charge >= 0.3 is 0 Å². The van der Waals surface area contributed by atoms with Gasteiger partial charge < -0.3 is 9.97 Å². The molecular weight excluding hydrogens is 372 g/mol. The van der Waals surface area contributed by atoms with E-state index in [-0.39, 0.29) is 5.43 Å². The predicted molar refractivity (Wildman–Crippen MR) is 122 cm³/mol. The first kappa shape index (κ1) is 17.2. The van der Waals surface area contributed by atoms with Crippen LogP contribution >= 0.6 is 0 Å². The number of aryl methyl sites for hydroxylation is 1. The van der Waals surface area contributed by atoms with Gasteiger partial charge in [0.25, 0.3) is 0 Å². The summed E-state index contributed by atoms with van der Waals surface area (Å²) in [6.45, 7) is 6.15. The Morgan fingerprint density at radius 3 is 1.87 bits per heavy atom. The van der Waals surface area contributed by atoms with Crippen LogP contribution in [0.5, 0.6) is 0 Å². The Morgan fingerprint density at radius 2 is 1.37 bits per heavy atom. The first-order valence-corrected chi connectivity index (χ1v) is 10.2. The largest absolute Gasteiger partial charge is 0.342 e. The molecule has 0 bridgehead atoms. The van der Waals surface area contributed by atoms with Crippen LogP contribution in [0.15, 0.2) is 53.6 Å². The fraction of sp³-hybridized carbons (Fsp3) is 0.160. The van der Waals surface area contributed by atoms with Gasteiger partial charge in [-0.05, 0) is 42.0 Å². The van der Waals surface area contributed by atoms with E-state index in [1.165, 1.54) is 0 Å². The van der Waals surface area contributed by atoms with Crippen LogP contribution in [0.4, 0.5) is 0 Å². The summed E-state index contributed by atoms with van der Waals surface area (Å²) in [7, 11) is 0. The highest BCUT2D eigenvalue weighted by molar-refractivity contribution is 6.27. The van der Waals surface area contributed by atoms with E-state index in [2.05, 4.69) is 58.0 Å². The lowest BCUT2D eigenvalue weighted by Gasteiger charge is -2.07. The van der Waals surface area contributed by atoms with Gasteiger partial charge in [0, 0.05) is 38.6 Å². The molecule has 2 heterocycles. The Hall–Kier alpha value is -3.73. The number of nitrogens with zero attached hydrogens (tertiary/aromatic N) is 2. The molecule has 0 saturated carbocycles. The third-order valence-electron chi connectivity index (χ3n) is 5.99. The number of nitrogens with one attached hydrogen (secondary N) is 2. The molecule has 0 radical (unpaired) electrons. The number of H-pyrrole nitrogens is 2. The zero-order valence-electron chi connectivity index (χ0n) is 17.0. The number of rotatable bonds is 3. The Labute approximate surface area is 172 Å². The molecule has 0 saturated heterocycles. The highest BCUT2D eigenvalue weighted by atomic mass is 16.1. The summed E-state index contributed by atoms with van der Waals surface area (Å²) in [5, 5.41) is 5.78. The number of hydrogen-bond acceptors (Lipinski definition) is 3. The molecule has 0 amide bonds. The lowest BCUT2D eigenvalue weighted by molar-refractivity contribution is 0.795. The third kappa shape index (κ3) is 2.32. The van der Waals surface area contributed by atoms with Gasteiger partial charge in [-0.3, -0.25) is 4.79 Å². The van der Waals surface area contributed by atoms with Crippen LogP contribution in [-0.4, -0.2) is 19.9 Å². The number of aromatic amines is 2. The van der Waals surface area contributed by atoms with Gasteiger partial charge in [0.2, 0.25) is 0 Å². The Bertz CT molecular complexity index is 1610. The fourth-order valence-corrected chi connectivity index (χ4v) is 4.49. The van der Waals surface area contributed by atoms with Crippen molar-refractivity contribution in [2.45, 2.75) is 26.7 Å². The Kier molecular flexibility index (Phi) is 3.37. The van der Waals surface area contributed by atoms with E-state index >= 15 is 0 Å². The molecule has 146 valence electrons. The van der Waals surface area contributed by atoms with Crippen LogP contribution in [0.25, 0.3) is 54.8 Å². The van der Waals surface area contributed by atoms with Crippen molar-refractivity contribution in [3.63, 3.8) is 0 Å². The maximum absolute atomic E-state index is 13.4. The van der Waals surface area contributed by atoms with E-state index in [0.717, 1.165) is 66.5 Å². The van der Waals surface area contributed by atoms with Gasteiger partial charge in [-0.15, -0.1) is 0 Å². The molecule has 0 aliphatic heterocycles. The normalized spacial score (nSPS) is 12.3. The van der Waals surface area contributed by atoms with Gasteiger partial charge in [-0.2, -0.15) is 0 Å². The molecule has 6 rings (SSSR count). The van der Waals surface area contributed by atoms with E-state index in [0.29, 0.717) is 5.92 Å². The highest BCUT2D eigenvalue weighted by Crippen LogP contribution is 2.38. The minimum atomic E-state index is 0.0785. The van der Waals surface area contributed by atoms with Crippen molar-refractivity contribution < 1.29 is 0 Å². The molecule has 0 aliphatic rings. The monoisotopic (exact) mass is 392 g/mol. The van der Waals surface area contributed by atoms with Crippen LogP contribution in [0.1, 0.15) is 31.4 Å². The molecule has 0 fully saturated rings. The van der Waals surface area contributed by atoms with Crippen molar-refractivity contribution >= 4 is 32.3 Å². The first-order chi connectivity index (χ1) is 14.5. The highest BCUT2D eigenvalue weighted by Gasteiger charge is 2.19. The molecule has 5 heteroatoms. The van der Waals surface area contributed by atoms with Gasteiger partial charge in [0.1, 0.15) is 11.6 Å². The van der Waals surface area contributed by atoms with Crippen LogP contribution in [0.2, 0.25) is 0 Å². The van der Waals surface area contributed by atoms with Crippen LogP contribution < -0.4 is 5.43 Å². The van der Waals surface area contributed by atoms with Gasteiger partial charge in [-0.25, -0.2) is 9.97 Å². The van der Waals surface area contributed by atoms with Crippen LogP contribution in [-0.2, 0) is 0 Å². The average molecular weight is 392 g/mol. The summed E-state index contributed by atoms with van der Waals surface area (Å²) in [4.78, 5) is 28.9. The van der Waals surface area contributed by atoms with Crippen molar-refractivity contribution in [3.8, 4) is 22.5 Å². The summed E-state index contributed by atoms with van der Waals surface area (Å²) in [5.74, 6) is 2.13. The Morgan fingerprint density at radius 1 is 0.800 bits per heavy atom. The molecule has 5 nitrogen and oxygen atoms in total. The third-order valence-corrected chi connectivity index (χ3v) is 5.99. The number of aromatic nitrogens is 4. The summed E-state index contributed by atoms with van der Waals surface area (Å²) in [6, 6.07) is 12.5. The molecule has 0 atom stereocenters. The topological polar surface area (TPSA) is 74.4 Å². The molecule has 2 N–H and O–H groups in total. The lowest BCUT2D eigenvalue weighted by atomic mass is 9.97. The predicted octanol–water partition coefficient (Wildman–Crippen LogP) is 5.59. The molecule has 0 unspecified atom stereocenters. The smallest absolute Gasteiger partial charge is 0.194 e. The second kappa shape index (κ2) is 5.89. The summed E-state index contributed by atoms with van der Waals surface area (Å²) in [5.41, 5.74) is 3.91. The maximum Gasteiger partial charge on any atom is 0.194 e. The second-order valence-corrected chi connectivity index (χ2v) is 8.36.